The summed E-state index contributed by atoms with van der Waals surface area (Å²) in [6.07, 6.45) is 3.95. The standard InChI is InChI=1S/C22H26N4O2/c1-3-26-21(24-18-8-6-13-23-22(18)26)17-12-14-25(15-17)20(27)11-10-16-7-4-5-9-19(16)28-2/h4-9,13,17H,3,10-12,14-15H2,1-2H3. The number of ether oxygens (including phenoxy) is 1. The number of carbonyl (C=O) groups excluding carboxylic acids is 1. The molecule has 6 nitrogen and oxygen atoms in total. The number of likely N-dealkylation sites (tertiary alicyclic amines) is 1. The predicted octanol–water partition coefficient (Wildman–Crippen LogP) is 3.41. The number of nitrogens with zero attached hydrogens (tertiary/aromatic N) is 4. The molecule has 1 aliphatic rings. The molecule has 0 N–H and O–H groups in total. The van der Waals surface area contributed by atoms with Crippen LogP contribution in [0.4, 0.5) is 0 Å². The first-order chi connectivity index (χ1) is 13.7. The van der Waals surface area contributed by atoms with Gasteiger partial charge in [0, 0.05) is 38.2 Å². The van der Waals surface area contributed by atoms with E-state index in [1.165, 1.54) is 0 Å². The number of para-hydroxylation sites is 1. The Hall–Kier alpha value is -2.89. The van der Waals surface area contributed by atoms with E-state index in [1.54, 1.807) is 7.11 Å². The molecule has 0 saturated carbocycles. The highest BCUT2D eigenvalue weighted by molar-refractivity contribution is 5.77. The van der Waals surface area contributed by atoms with Crippen LogP contribution in [0, 0.1) is 0 Å². The lowest BCUT2D eigenvalue weighted by Crippen LogP contribution is -2.29. The van der Waals surface area contributed by atoms with E-state index in [0.29, 0.717) is 12.8 Å². The van der Waals surface area contributed by atoms with Gasteiger partial charge in [-0.3, -0.25) is 4.79 Å². The SMILES string of the molecule is CCn1c(C2CCN(C(=O)CCc3ccccc3OC)C2)nc2cccnc21. The minimum atomic E-state index is 0.200. The van der Waals surface area contributed by atoms with E-state index in [0.717, 1.165) is 54.4 Å². The molecule has 0 bridgehead atoms. The van der Waals surface area contributed by atoms with Crippen LogP contribution < -0.4 is 4.74 Å². The highest BCUT2D eigenvalue weighted by Crippen LogP contribution is 2.29. The molecule has 1 aromatic carbocycles. The number of imidazole rings is 1. The maximum Gasteiger partial charge on any atom is 0.222 e. The molecule has 1 saturated heterocycles. The number of amides is 1. The van der Waals surface area contributed by atoms with Gasteiger partial charge in [-0.25, -0.2) is 9.97 Å². The van der Waals surface area contributed by atoms with E-state index in [1.807, 2.05) is 47.5 Å². The summed E-state index contributed by atoms with van der Waals surface area (Å²) in [5, 5.41) is 0. The van der Waals surface area contributed by atoms with Crippen molar-refractivity contribution in [3.63, 3.8) is 0 Å². The van der Waals surface area contributed by atoms with Gasteiger partial charge in [0.05, 0.1) is 7.11 Å². The lowest BCUT2D eigenvalue weighted by atomic mass is 10.1. The fraction of sp³-hybridized carbons (Fsp3) is 0.409. The third-order valence-corrected chi connectivity index (χ3v) is 5.56. The Morgan fingerprint density at radius 3 is 2.93 bits per heavy atom. The normalized spacial score (nSPS) is 16.6. The maximum absolute atomic E-state index is 12.8. The summed E-state index contributed by atoms with van der Waals surface area (Å²) in [4.78, 5) is 24.1. The Kier molecular flexibility index (Phi) is 5.28. The van der Waals surface area contributed by atoms with E-state index in [2.05, 4.69) is 16.5 Å². The van der Waals surface area contributed by atoms with E-state index in [4.69, 9.17) is 9.72 Å². The highest BCUT2D eigenvalue weighted by Gasteiger charge is 2.30. The van der Waals surface area contributed by atoms with Gasteiger partial charge >= 0.3 is 0 Å². The van der Waals surface area contributed by atoms with Gasteiger partial charge in [-0.15, -0.1) is 0 Å². The van der Waals surface area contributed by atoms with Crippen molar-refractivity contribution in [1.82, 2.24) is 19.4 Å². The summed E-state index contributed by atoms with van der Waals surface area (Å²) in [5.74, 6) is 2.37. The molecule has 3 heterocycles. The van der Waals surface area contributed by atoms with Gasteiger partial charge in [0.25, 0.3) is 0 Å². The quantitative estimate of drug-likeness (QED) is 0.660. The molecule has 2 aromatic heterocycles. The Labute approximate surface area is 165 Å². The number of hydrogen-bond donors (Lipinski definition) is 0. The number of benzene rings is 1. The maximum atomic E-state index is 12.8. The second-order valence-corrected chi connectivity index (χ2v) is 7.20. The van der Waals surface area contributed by atoms with Crippen molar-refractivity contribution in [3.05, 3.63) is 54.0 Å². The summed E-state index contributed by atoms with van der Waals surface area (Å²) in [6, 6.07) is 11.8. The topological polar surface area (TPSA) is 60.2 Å². The molecule has 4 rings (SSSR count). The van der Waals surface area contributed by atoms with Crippen molar-refractivity contribution >= 4 is 17.1 Å². The van der Waals surface area contributed by atoms with Crippen molar-refractivity contribution < 1.29 is 9.53 Å². The van der Waals surface area contributed by atoms with Gasteiger partial charge < -0.3 is 14.2 Å². The number of pyridine rings is 1. The summed E-state index contributed by atoms with van der Waals surface area (Å²) in [6.45, 7) is 4.47. The van der Waals surface area contributed by atoms with Crippen LogP contribution in [0.3, 0.4) is 0 Å². The Bertz CT molecular complexity index is 982. The van der Waals surface area contributed by atoms with Crippen molar-refractivity contribution in [2.75, 3.05) is 20.2 Å². The Balaban J connectivity index is 1.43. The number of hydrogen-bond acceptors (Lipinski definition) is 4. The van der Waals surface area contributed by atoms with Gasteiger partial charge in [0.2, 0.25) is 5.91 Å². The number of carbonyl (C=O) groups is 1. The lowest BCUT2D eigenvalue weighted by Gasteiger charge is -2.17. The minimum Gasteiger partial charge on any atom is -0.496 e. The molecule has 3 aromatic rings. The van der Waals surface area contributed by atoms with Crippen LogP contribution in [0.25, 0.3) is 11.2 Å². The van der Waals surface area contributed by atoms with E-state index in [-0.39, 0.29) is 11.8 Å². The summed E-state index contributed by atoms with van der Waals surface area (Å²) < 4.78 is 7.57. The molecule has 28 heavy (non-hydrogen) atoms. The van der Waals surface area contributed by atoms with Crippen LogP contribution >= 0.6 is 0 Å². The van der Waals surface area contributed by atoms with Gasteiger partial charge in [0.1, 0.15) is 17.1 Å². The number of rotatable bonds is 6. The predicted molar refractivity (Wildman–Crippen MR) is 108 cm³/mol. The first kappa shape index (κ1) is 18.5. The number of fused-ring (bicyclic) bond motifs is 1. The third kappa shape index (κ3) is 3.46. The molecule has 0 radical (unpaired) electrons. The van der Waals surface area contributed by atoms with Crippen LogP contribution in [0.1, 0.15) is 37.1 Å². The molecule has 146 valence electrons. The monoisotopic (exact) mass is 378 g/mol. The fourth-order valence-corrected chi connectivity index (χ4v) is 4.11. The molecule has 1 atom stereocenters. The average molecular weight is 378 g/mol. The second-order valence-electron chi connectivity index (χ2n) is 7.20. The summed E-state index contributed by atoms with van der Waals surface area (Å²) in [5.41, 5.74) is 2.94. The molecule has 0 aliphatic carbocycles. The van der Waals surface area contributed by atoms with Gasteiger partial charge in [-0.2, -0.15) is 0 Å². The minimum absolute atomic E-state index is 0.200. The van der Waals surface area contributed by atoms with E-state index < -0.39 is 0 Å². The highest BCUT2D eigenvalue weighted by atomic mass is 16.5. The van der Waals surface area contributed by atoms with Crippen molar-refractivity contribution in [2.45, 2.75) is 38.6 Å². The largest absolute Gasteiger partial charge is 0.496 e. The smallest absolute Gasteiger partial charge is 0.222 e. The van der Waals surface area contributed by atoms with Crippen molar-refractivity contribution in [3.8, 4) is 5.75 Å². The van der Waals surface area contributed by atoms with Crippen LogP contribution in [0.2, 0.25) is 0 Å². The Morgan fingerprint density at radius 1 is 1.25 bits per heavy atom. The van der Waals surface area contributed by atoms with Crippen LogP contribution in [0.5, 0.6) is 5.75 Å². The summed E-state index contributed by atoms with van der Waals surface area (Å²) >= 11 is 0. The lowest BCUT2D eigenvalue weighted by molar-refractivity contribution is -0.130. The van der Waals surface area contributed by atoms with Crippen LogP contribution in [-0.4, -0.2) is 45.5 Å². The van der Waals surface area contributed by atoms with Gasteiger partial charge in [-0.05, 0) is 43.5 Å². The molecule has 1 aliphatic heterocycles. The number of aryl methyl sites for hydroxylation is 2. The average Bonchev–Trinajstić information content (AvgIpc) is 3.36. The zero-order valence-corrected chi connectivity index (χ0v) is 16.5. The van der Waals surface area contributed by atoms with Gasteiger partial charge in [0.15, 0.2) is 5.65 Å². The number of aromatic nitrogens is 3. The summed E-state index contributed by atoms with van der Waals surface area (Å²) in [7, 11) is 1.67. The molecule has 1 unspecified atom stereocenters. The van der Waals surface area contributed by atoms with E-state index >= 15 is 0 Å². The third-order valence-electron chi connectivity index (χ3n) is 5.56. The van der Waals surface area contributed by atoms with Crippen molar-refractivity contribution in [2.24, 2.45) is 0 Å². The second kappa shape index (κ2) is 8.00. The molecular formula is C22H26N4O2. The zero-order valence-electron chi connectivity index (χ0n) is 16.5. The molecule has 6 heteroatoms. The van der Waals surface area contributed by atoms with Crippen LogP contribution in [0.15, 0.2) is 42.6 Å². The first-order valence-corrected chi connectivity index (χ1v) is 9.92. The molecule has 1 fully saturated rings. The molecular weight excluding hydrogens is 352 g/mol. The molecule has 1 amide bonds. The van der Waals surface area contributed by atoms with E-state index in [9.17, 15) is 4.79 Å². The van der Waals surface area contributed by atoms with Crippen LogP contribution in [-0.2, 0) is 17.8 Å². The molecule has 0 spiro atoms. The van der Waals surface area contributed by atoms with Gasteiger partial charge in [-0.1, -0.05) is 18.2 Å². The van der Waals surface area contributed by atoms with Crippen molar-refractivity contribution in [1.29, 1.82) is 0 Å². The zero-order chi connectivity index (χ0) is 19.5. The number of methoxy groups -OCH3 is 1. The fourth-order valence-electron chi connectivity index (χ4n) is 4.11. The first-order valence-electron chi connectivity index (χ1n) is 9.92. The Morgan fingerprint density at radius 2 is 2.11 bits per heavy atom.